The molecule has 0 saturated heterocycles. The van der Waals surface area contributed by atoms with Gasteiger partial charge in [-0.05, 0) is 17.7 Å². The Morgan fingerprint density at radius 3 is 2.65 bits per heavy atom. The highest BCUT2D eigenvalue weighted by atomic mass is 79.9. The Morgan fingerprint density at radius 1 is 1.29 bits per heavy atom. The van der Waals surface area contributed by atoms with Crippen LogP contribution >= 0.6 is 27.5 Å². The van der Waals surface area contributed by atoms with E-state index in [4.69, 9.17) is 11.6 Å². The van der Waals surface area contributed by atoms with Gasteiger partial charge in [-0.15, -0.1) is 0 Å². The first-order valence-electron chi connectivity index (χ1n) is 5.03. The van der Waals surface area contributed by atoms with E-state index >= 15 is 0 Å². The second kappa shape index (κ2) is 5.58. The van der Waals surface area contributed by atoms with Crippen LogP contribution in [0.5, 0.6) is 0 Å². The molecule has 1 heterocycles. The lowest BCUT2D eigenvalue weighted by atomic mass is 10.0. The van der Waals surface area contributed by atoms with Crippen molar-refractivity contribution in [3.63, 3.8) is 0 Å². The number of halogens is 2. The summed E-state index contributed by atoms with van der Waals surface area (Å²) in [7, 11) is 0. The molecule has 0 amide bonds. The molecule has 0 fully saturated rings. The van der Waals surface area contributed by atoms with Crippen LogP contribution in [-0.2, 0) is 6.42 Å². The minimum atomic E-state index is -0.644. The number of hydrogen-bond donors (Lipinski definition) is 1. The zero-order valence-corrected chi connectivity index (χ0v) is 11.2. The second-order valence-electron chi connectivity index (χ2n) is 3.63. The monoisotopic (exact) mass is 312 g/mol. The van der Waals surface area contributed by atoms with Crippen molar-refractivity contribution >= 4 is 27.5 Å². The maximum Gasteiger partial charge on any atom is 0.115 e. The molecule has 1 aromatic heterocycles. The number of nitrogens with zero attached hydrogens (tertiary/aromatic N) is 2. The maximum absolute atomic E-state index is 10.0. The zero-order valence-electron chi connectivity index (χ0n) is 8.85. The van der Waals surface area contributed by atoms with E-state index in [1.807, 2.05) is 18.2 Å². The summed E-state index contributed by atoms with van der Waals surface area (Å²) in [6.07, 6.45) is 4.44. The first-order chi connectivity index (χ1) is 8.16. The molecule has 0 bridgehead atoms. The highest BCUT2D eigenvalue weighted by molar-refractivity contribution is 9.10. The van der Waals surface area contributed by atoms with Gasteiger partial charge in [0, 0.05) is 33.9 Å². The van der Waals surface area contributed by atoms with Crippen molar-refractivity contribution in [3.05, 3.63) is 57.5 Å². The highest BCUT2D eigenvalue weighted by Gasteiger charge is 2.11. The van der Waals surface area contributed by atoms with Crippen LogP contribution in [0.25, 0.3) is 0 Å². The number of hydrogen-bond acceptors (Lipinski definition) is 3. The van der Waals surface area contributed by atoms with Gasteiger partial charge in [0.1, 0.15) is 6.33 Å². The predicted octanol–water partition coefficient (Wildman–Crippen LogP) is 3.17. The topological polar surface area (TPSA) is 46.0 Å². The number of aliphatic hydroxyl groups is 1. The molecule has 0 saturated carbocycles. The number of rotatable bonds is 3. The molecule has 2 rings (SSSR count). The molecule has 17 heavy (non-hydrogen) atoms. The number of aliphatic hydroxyl groups excluding tert-OH is 1. The molecular formula is C12H10BrClN2O. The van der Waals surface area contributed by atoms with Crippen molar-refractivity contribution in [1.29, 1.82) is 0 Å². The SMILES string of the molecule is OC(Cc1ccc(Br)cc1Cl)c1cncnc1. The van der Waals surface area contributed by atoms with Gasteiger partial charge >= 0.3 is 0 Å². The minimum absolute atomic E-state index is 0.444. The lowest BCUT2D eigenvalue weighted by Gasteiger charge is -2.11. The summed E-state index contributed by atoms with van der Waals surface area (Å²) in [4.78, 5) is 7.74. The minimum Gasteiger partial charge on any atom is -0.388 e. The molecule has 0 aliphatic carbocycles. The molecule has 2 aromatic rings. The van der Waals surface area contributed by atoms with Gasteiger partial charge in [0.15, 0.2) is 0 Å². The molecule has 1 unspecified atom stereocenters. The van der Waals surface area contributed by atoms with Gasteiger partial charge in [0.25, 0.3) is 0 Å². The van der Waals surface area contributed by atoms with E-state index in [0.29, 0.717) is 17.0 Å². The van der Waals surface area contributed by atoms with Crippen molar-refractivity contribution in [2.24, 2.45) is 0 Å². The van der Waals surface area contributed by atoms with Crippen LogP contribution in [0.3, 0.4) is 0 Å². The number of benzene rings is 1. The van der Waals surface area contributed by atoms with Gasteiger partial charge in [0.05, 0.1) is 6.10 Å². The molecule has 3 nitrogen and oxygen atoms in total. The average Bonchev–Trinajstić information content (AvgIpc) is 2.34. The maximum atomic E-state index is 10.0. The van der Waals surface area contributed by atoms with Crippen LogP contribution < -0.4 is 0 Å². The summed E-state index contributed by atoms with van der Waals surface area (Å²) in [6.45, 7) is 0. The standard InChI is InChI=1S/C12H10BrClN2O/c13-10-2-1-8(11(14)4-10)3-12(17)9-5-15-7-16-6-9/h1-2,4-7,12,17H,3H2. The first kappa shape index (κ1) is 12.5. The van der Waals surface area contributed by atoms with E-state index < -0.39 is 6.10 Å². The first-order valence-corrected chi connectivity index (χ1v) is 6.21. The third-order valence-electron chi connectivity index (χ3n) is 2.39. The lowest BCUT2D eigenvalue weighted by Crippen LogP contribution is -2.03. The molecule has 88 valence electrons. The summed E-state index contributed by atoms with van der Waals surface area (Å²) in [5.74, 6) is 0. The Balaban J connectivity index is 2.16. The molecule has 1 aromatic carbocycles. The van der Waals surface area contributed by atoms with Gasteiger partial charge in [0.2, 0.25) is 0 Å². The van der Waals surface area contributed by atoms with Crippen molar-refractivity contribution in [3.8, 4) is 0 Å². The van der Waals surface area contributed by atoms with E-state index in [1.165, 1.54) is 6.33 Å². The Labute approximate surface area is 113 Å². The Hall–Kier alpha value is -0.970. The molecule has 5 heteroatoms. The van der Waals surface area contributed by atoms with Crippen LogP contribution in [0.1, 0.15) is 17.2 Å². The summed E-state index contributed by atoms with van der Waals surface area (Å²) in [5.41, 5.74) is 1.58. The van der Waals surface area contributed by atoms with Crippen LogP contribution in [0, 0.1) is 0 Å². The lowest BCUT2D eigenvalue weighted by molar-refractivity contribution is 0.177. The van der Waals surface area contributed by atoms with Crippen molar-refractivity contribution in [1.82, 2.24) is 9.97 Å². The quantitative estimate of drug-likeness (QED) is 0.946. The summed E-state index contributed by atoms with van der Waals surface area (Å²) >= 11 is 9.43. The third kappa shape index (κ3) is 3.25. The van der Waals surface area contributed by atoms with Gasteiger partial charge < -0.3 is 5.11 Å². The molecule has 0 spiro atoms. The molecular weight excluding hydrogens is 304 g/mol. The fourth-order valence-electron chi connectivity index (χ4n) is 1.50. The molecule has 0 aliphatic heterocycles. The van der Waals surface area contributed by atoms with Crippen LogP contribution in [0.4, 0.5) is 0 Å². The normalized spacial score (nSPS) is 12.4. The van der Waals surface area contributed by atoms with Gasteiger partial charge in [-0.25, -0.2) is 9.97 Å². The Kier molecular flexibility index (Phi) is 4.10. The van der Waals surface area contributed by atoms with E-state index in [9.17, 15) is 5.11 Å². The fourth-order valence-corrected chi connectivity index (χ4v) is 2.25. The third-order valence-corrected chi connectivity index (χ3v) is 3.24. The molecule has 1 atom stereocenters. The van der Waals surface area contributed by atoms with Crippen LogP contribution in [0.2, 0.25) is 5.02 Å². The predicted molar refractivity (Wildman–Crippen MR) is 69.8 cm³/mol. The summed E-state index contributed by atoms with van der Waals surface area (Å²) in [5, 5.41) is 10.7. The second-order valence-corrected chi connectivity index (χ2v) is 4.95. The van der Waals surface area contributed by atoms with Gasteiger partial charge in [-0.2, -0.15) is 0 Å². The molecule has 1 N–H and O–H groups in total. The highest BCUT2D eigenvalue weighted by Crippen LogP contribution is 2.25. The van der Waals surface area contributed by atoms with Gasteiger partial charge in [-0.3, -0.25) is 0 Å². The van der Waals surface area contributed by atoms with Crippen LogP contribution in [0.15, 0.2) is 41.4 Å². The van der Waals surface area contributed by atoms with E-state index in [0.717, 1.165) is 10.0 Å². The van der Waals surface area contributed by atoms with Crippen LogP contribution in [-0.4, -0.2) is 15.1 Å². The molecule has 0 aliphatic rings. The summed E-state index contributed by atoms with van der Waals surface area (Å²) in [6, 6.07) is 5.60. The van der Waals surface area contributed by atoms with Crippen molar-refractivity contribution in [2.45, 2.75) is 12.5 Å². The van der Waals surface area contributed by atoms with E-state index in [2.05, 4.69) is 25.9 Å². The average molecular weight is 314 g/mol. The van der Waals surface area contributed by atoms with E-state index in [1.54, 1.807) is 12.4 Å². The molecule has 0 radical (unpaired) electrons. The summed E-state index contributed by atoms with van der Waals surface area (Å²) < 4.78 is 0.920. The fraction of sp³-hybridized carbons (Fsp3) is 0.167. The Morgan fingerprint density at radius 2 is 2.00 bits per heavy atom. The smallest absolute Gasteiger partial charge is 0.115 e. The Bertz CT molecular complexity index is 507. The number of aromatic nitrogens is 2. The van der Waals surface area contributed by atoms with Crippen molar-refractivity contribution in [2.75, 3.05) is 0 Å². The van der Waals surface area contributed by atoms with E-state index in [-0.39, 0.29) is 0 Å². The van der Waals surface area contributed by atoms with Gasteiger partial charge in [-0.1, -0.05) is 33.6 Å². The zero-order chi connectivity index (χ0) is 12.3. The van der Waals surface area contributed by atoms with Crippen molar-refractivity contribution < 1.29 is 5.11 Å². The largest absolute Gasteiger partial charge is 0.388 e.